The molecular formula is C21H19ClN4O4. The van der Waals surface area contributed by atoms with Gasteiger partial charge >= 0.3 is 0 Å². The number of hydrogen-bond acceptors (Lipinski definition) is 5. The fraction of sp³-hybridized carbons (Fsp3) is 0.143. The molecule has 3 rings (SSSR count). The molecule has 0 fully saturated rings. The van der Waals surface area contributed by atoms with E-state index in [0.29, 0.717) is 16.5 Å². The number of nitro benzene ring substituents is 1. The first-order valence-electron chi connectivity index (χ1n) is 8.99. The van der Waals surface area contributed by atoms with E-state index in [0.717, 1.165) is 17.0 Å². The molecule has 0 bridgehead atoms. The number of benzene rings is 2. The van der Waals surface area contributed by atoms with Gasteiger partial charge in [-0.25, -0.2) is 5.43 Å². The van der Waals surface area contributed by atoms with E-state index in [1.807, 2.05) is 24.5 Å². The third-order valence-electron chi connectivity index (χ3n) is 4.33. The van der Waals surface area contributed by atoms with Crippen molar-refractivity contribution in [3.8, 4) is 11.4 Å². The summed E-state index contributed by atoms with van der Waals surface area (Å²) in [7, 11) is 0. The lowest BCUT2D eigenvalue weighted by Crippen LogP contribution is -2.24. The van der Waals surface area contributed by atoms with Crippen LogP contribution < -0.4 is 10.2 Å². The van der Waals surface area contributed by atoms with Gasteiger partial charge in [-0.15, -0.1) is 0 Å². The SMILES string of the molecule is Cc1cc(/C=N/NC(=O)COc2cccc(Cl)c2)c(C)n1-c1cccc([N+](=O)[O-])c1. The predicted octanol–water partition coefficient (Wildman–Crippen LogP) is 4.18. The zero-order valence-electron chi connectivity index (χ0n) is 16.3. The maximum atomic E-state index is 11.9. The maximum absolute atomic E-state index is 11.9. The van der Waals surface area contributed by atoms with Gasteiger partial charge in [0.15, 0.2) is 6.61 Å². The van der Waals surface area contributed by atoms with Crippen LogP contribution in [0.5, 0.6) is 5.75 Å². The Bertz CT molecular complexity index is 1120. The Morgan fingerprint density at radius 3 is 2.73 bits per heavy atom. The van der Waals surface area contributed by atoms with E-state index >= 15 is 0 Å². The Labute approximate surface area is 177 Å². The van der Waals surface area contributed by atoms with Crippen LogP contribution in [0.15, 0.2) is 59.7 Å². The number of amides is 1. The number of hydrazone groups is 1. The average molecular weight is 427 g/mol. The number of non-ortho nitro benzene ring substituents is 1. The molecule has 9 heteroatoms. The van der Waals surface area contributed by atoms with E-state index in [1.165, 1.54) is 18.3 Å². The molecule has 30 heavy (non-hydrogen) atoms. The fourth-order valence-electron chi connectivity index (χ4n) is 2.97. The van der Waals surface area contributed by atoms with E-state index in [4.69, 9.17) is 16.3 Å². The zero-order chi connectivity index (χ0) is 21.7. The van der Waals surface area contributed by atoms with Crippen LogP contribution in [-0.2, 0) is 4.79 Å². The lowest BCUT2D eigenvalue weighted by molar-refractivity contribution is -0.384. The number of ether oxygens (including phenoxy) is 1. The summed E-state index contributed by atoms with van der Waals surface area (Å²) in [5.41, 5.74) is 5.59. The second-order valence-corrected chi connectivity index (χ2v) is 6.91. The van der Waals surface area contributed by atoms with E-state index < -0.39 is 10.8 Å². The van der Waals surface area contributed by atoms with Gasteiger partial charge in [-0.2, -0.15) is 5.10 Å². The third kappa shape index (κ3) is 5.03. The molecule has 1 heterocycles. The van der Waals surface area contributed by atoms with Crippen LogP contribution >= 0.6 is 11.6 Å². The molecule has 0 unspecified atom stereocenters. The van der Waals surface area contributed by atoms with Crippen LogP contribution in [-0.4, -0.2) is 28.2 Å². The first kappa shape index (κ1) is 21.1. The molecule has 154 valence electrons. The van der Waals surface area contributed by atoms with Crippen molar-refractivity contribution < 1.29 is 14.5 Å². The van der Waals surface area contributed by atoms with Gasteiger partial charge in [-0.05, 0) is 44.2 Å². The number of nitro groups is 1. The molecule has 2 aromatic carbocycles. The Morgan fingerprint density at radius 1 is 1.23 bits per heavy atom. The van der Waals surface area contributed by atoms with Gasteiger partial charge in [0.2, 0.25) is 0 Å². The second-order valence-electron chi connectivity index (χ2n) is 6.48. The normalized spacial score (nSPS) is 10.9. The Balaban J connectivity index is 1.66. The summed E-state index contributed by atoms with van der Waals surface area (Å²) in [5.74, 6) is 0.0702. The number of nitrogens with zero attached hydrogens (tertiary/aromatic N) is 3. The van der Waals surface area contributed by atoms with Gasteiger partial charge in [0.25, 0.3) is 11.6 Å². The van der Waals surface area contributed by atoms with Gasteiger partial charge in [0.05, 0.1) is 16.8 Å². The maximum Gasteiger partial charge on any atom is 0.277 e. The summed E-state index contributed by atoms with van der Waals surface area (Å²) in [4.78, 5) is 22.5. The molecule has 1 N–H and O–H groups in total. The van der Waals surface area contributed by atoms with Gasteiger partial charge in [-0.1, -0.05) is 23.7 Å². The van der Waals surface area contributed by atoms with Crippen LogP contribution in [0.3, 0.4) is 0 Å². The van der Waals surface area contributed by atoms with Crippen molar-refractivity contribution >= 4 is 29.4 Å². The summed E-state index contributed by atoms with van der Waals surface area (Å²) in [5, 5.41) is 15.5. The summed E-state index contributed by atoms with van der Waals surface area (Å²) in [6, 6.07) is 15.0. The van der Waals surface area contributed by atoms with E-state index in [2.05, 4.69) is 10.5 Å². The third-order valence-corrected chi connectivity index (χ3v) is 4.56. The Kier molecular flexibility index (Phi) is 6.48. The van der Waals surface area contributed by atoms with Crippen LogP contribution in [0.2, 0.25) is 5.02 Å². The highest BCUT2D eigenvalue weighted by atomic mass is 35.5. The molecule has 0 saturated heterocycles. The standard InChI is InChI=1S/C21H19ClN4O4/c1-14-9-16(15(2)25(14)18-6-4-7-19(11-18)26(28)29)12-23-24-21(27)13-30-20-8-3-5-17(22)10-20/h3-12H,13H2,1-2H3,(H,24,27)/b23-12+. The number of aryl methyl sites for hydroxylation is 1. The number of aromatic nitrogens is 1. The summed E-state index contributed by atoms with van der Waals surface area (Å²) >= 11 is 5.87. The summed E-state index contributed by atoms with van der Waals surface area (Å²) < 4.78 is 7.24. The molecule has 8 nitrogen and oxygen atoms in total. The van der Waals surface area contributed by atoms with E-state index in [-0.39, 0.29) is 12.3 Å². The number of nitrogens with one attached hydrogen (secondary N) is 1. The number of halogens is 1. The molecular weight excluding hydrogens is 408 g/mol. The van der Waals surface area contributed by atoms with Crippen molar-refractivity contribution in [3.63, 3.8) is 0 Å². The lowest BCUT2D eigenvalue weighted by atomic mass is 10.2. The molecule has 1 amide bonds. The lowest BCUT2D eigenvalue weighted by Gasteiger charge is -2.09. The molecule has 0 radical (unpaired) electrons. The number of carbonyl (C=O) groups excluding carboxylic acids is 1. The van der Waals surface area contributed by atoms with Crippen LogP contribution in [0.1, 0.15) is 17.0 Å². The fourth-order valence-corrected chi connectivity index (χ4v) is 3.15. The Hall–Kier alpha value is -3.65. The van der Waals surface area contributed by atoms with Crippen LogP contribution in [0.25, 0.3) is 5.69 Å². The first-order valence-corrected chi connectivity index (χ1v) is 9.37. The largest absolute Gasteiger partial charge is 0.484 e. The minimum Gasteiger partial charge on any atom is -0.484 e. The quantitative estimate of drug-likeness (QED) is 0.348. The minimum atomic E-state index is -0.430. The summed E-state index contributed by atoms with van der Waals surface area (Å²) in [6.07, 6.45) is 1.52. The number of hydrogen-bond donors (Lipinski definition) is 1. The van der Waals surface area contributed by atoms with Crippen molar-refractivity contribution in [1.29, 1.82) is 0 Å². The van der Waals surface area contributed by atoms with E-state index in [1.54, 1.807) is 36.4 Å². The average Bonchev–Trinajstić information content (AvgIpc) is 3.00. The monoisotopic (exact) mass is 426 g/mol. The van der Waals surface area contributed by atoms with Crippen molar-refractivity contribution in [2.45, 2.75) is 13.8 Å². The molecule has 0 aliphatic heterocycles. The van der Waals surface area contributed by atoms with Gasteiger partial charge in [0, 0.05) is 34.1 Å². The first-order chi connectivity index (χ1) is 14.3. The van der Waals surface area contributed by atoms with Crippen molar-refractivity contribution in [2.24, 2.45) is 5.10 Å². The van der Waals surface area contributed by atoms with Crippen molar-refractivity contribution in [2.75, 3.05) is 6.61 Å². The molecule has 1 aromatic heterocycles. The van der Waals surface area contributed by atoms with Crippen LogP contribution in [0.4, 0.5) is 5.69 Å². The van der Waals surface area contributed by atoms with E-state index in [9.17, 15) is 14.9 Å². The molecule has 0 aliphatic rings. The minimum absolute atomic E-state index is 0.0159. The zero-order valence-corrected chi connectivity index (χ0v) is 17.1. The molecule has 0 spiro atoms. The van der Waals surface area contributed by atoms with Crippen molar-refractivity contribution in [3.05, 3.63) is 86.7 Å². The predicted molar refractivity (Wildman–Crippen MR) is 115 cm³/mol. The second kappa shape index (κ2) is 9.23. The molecule has 0 aliphatic carbocycles. The topological polar surface area (TPSA) is 98.8 Å². The van der Waals surface area contributed by atoms with Gasteiger partial charge in [0.1, 0.15) is 5.75 Å². The van der Waals surface area contributed by atoms with Crippen molar-refractivity contribution in [1.82, 2.24) is 9.99 Å². The number of carbonyl (C=O) groups is 1. The molecule has 3 aromatic rings. The highest BCUT2D eigenvalue weighted by Gasteiger charge is 2.13. The van der Waals surface area contributed by atoms with Gasteiger partial charge in [-0.3, -0.25) is 14.9 Å². The number of rotatable bonds is 7. The molecule has 0 atom stereocenters. The van der Waals surface area contributed by atoms with Gasteiger partial charge < -0.3 is 9.30 Å². The highest BCUT2D eigenvalue weighted by Crippen LogP contribution is 2.23. The van der Waals surface area contributed by atoms with Crippen LogP contribution in [0, 0.1) is 24.0 Å². The summed E-state index contributed by atoms with van der Waals surface area (Å²) in [6.45, 7) is 3.56. The molecule has 0 saturated carbocycles. The smallest absolute Gasteiger partial charge is 0.277 e. The Morgan fingerprint density at radius 2 is 2.00 bits per heavy atom. The highest BCUT2D eigenvalue weighted by molar-refractivity contribution is 6.30.